The highest BCUT2D eigenvalue weighted by Crippen LogP contribution is 2.21. The minimum absolute atomic E-state index is 0.144. The molecule has 108 valence electrons. The first-order valence-corrected chi connectivity index (χ1v) is 6.90. The molecule has 1 aromatic rings. The number of hydrogen-bond donors (Lipinski definition) is 2. The van der Waals surface area contributed by atoms with Gasteiger partial charge in [0.1, 0.15) is 0 Å². The molecule has 2 rings (SSSR count). The first kappa shape index (κ1) is 14.4. The molecule has 0 radical (unpaired) electrons. The second-order valence-electron chi connectivity index (χ2n) is 5.32. The van der Waals surface area contributed by atoms with E-state index in [-0.39, 0.29) is 5.91 Å². The zero-order valence-electron chi connectivity index (χ0n) is 12.0. The van der Waals surface area contributed by atoms with E-state index in [0.29, 0.717) is 11.6 Å². The molecule has 0 unspecified atom stereocenters. The molecule has 3 N–H and O–H groups in total. The fourth-order valence-electron chi connectivity index (χ4n) is 2.54. The van der Waals surface area contributed by atoms with Gasteiger partial charge in [0.05, 0.1) is 0 Å². The lowest BCUT2D eigenvalue weighted by molar-refractivity contribution is -0.129. The summed E-state index contributed by atoms with van der Waals surface area (Å²) in [7, 11) is 0. The first-order chi connectivity index (χ1) is 9.47. The standard InChI is InChI=1S/C15H21N3O2/c1-10-9-12(15(16)20)3-4-14(10)17-13-5-7-18(8-6-13)11(2)19/h3-4,9,13,17H,5-8H2,1-2H3,(H2,16,20). The maximum Gasteiger partial charge on any atom is 0.248 e. The second kappa shape index (κ2) is 5.94. The number of amides is 2. The number of nitrogens with two attached hydrogens (primary N) is 1. The average Bonchev–Trinajstić information content (AvgIpc) is 2.41. The molecule has 0 bridgehead atoms. The van der Waals surface area contributed by atoms with Crippen molar-refractivity contribution in [1.82, 2.24) is 4.90 Å². The van der Waals surface area contributed by atoms with Gasteiger partial charge >= 0.3 is 0 Å². The van der Waals surface area contributed by atoms with Gasteiger partial charge in [-0.2, -0.15) is 0 Å². The molecule has 1 fully saturated rings. The Balaban J connectivity index is 1.98. The van der Waals surface area contributed by atoms with Gasteiger partial charge in [0, 0.05) is 37.3 Å². The van der Waals surface area contributed by atoms with Crippen LogP contribution in [-0.2, 0) is 4.79 Å². The Morgan fingerprint density at radius 3 is 2.45 bits per heavy atom. The van der Waals surface area contributed by atoms with Crippen molar-refractivity contribution in [2.75, 3.05) is 18.4 Å². The van der Waals surface area contributed by atoms with Crippen LogP contribution in [0.25, 0.3) is 0 Å². The highest BCUT2D eigenvalue weighted by Gasteiger charge is 2.20. The number of rotatable bonds is 3. The van der Waals surface area contributed by atoms with Crippen molar-refractivity contribution in [3.8, 4) is 0 Å². The largest absolute Gasteiger partial charge is 0.382 e. The highest BCUT2D eigenvalue weighted by atomic mass is 16.2. The molecule has 0 spiro atoms. The van der Waals surface area contributed by atoms with Crippen LogP contribution in [0.1, 0.15) is 35.7 Å². The third-order valence-corrected chi connectivity index (χ3v) is 3.81. The normalized spacial score (nSPS) is 16.0. The number of aryl methyl sites for hydroxylation is 1. The molecule has 0 saturated carbocycles. The van der Waals surface area contributed by atoms with Crippen LogP contribution in [0.5, 0.6) is 0 Å². The summed E-state index contributed by atoms with van der Waals surface area (Å²) in [5, 5.41) is 3.48. The van der Waals surface area contributed by atoms with Crippen LogP contribution < -0.4 is 11.1 Å². The summed E-state index contributed by atoms with van der Waals surface area (Å²) in [6.45, 7) is 5.16. The Morgan fingerprint density at radius 1 is 1.30 bits per heavy atom. The fraction of sp³-hybridized carbons (Fsp3) is 0.467. The number of likely N-dealkylation sites (tertiary alicyclic amines) is 1. The number of primary amides is 1. The number of hydrogen-bond acceptors (Lipinski definition) is 3. The van der Waals surface area contributed by atoms with Gasteiger partial charge < -0.3 is 16.0 Å². The lowest BCUT2D eigenvalue weighted by Gasteiger charge is -2.32. The lowest BCUT2D eigenvalue weighted by Crippen LogP contribution is -2.41. The predicted molar refractivity (Wildman–Crippen MR) is 78.6 cm³/mol. The van der Waals surface area contributed by atoms with Crippen molar-refractivity contribution in [2.24, 2.45) is 5.73 Å². The van der Waals surface area contributed by atoms with Gasteiger partial charge in [-0.25, -0.2) is 0 Å². The summed E-state index contributed by atoms with van der Waals surface area (Å²) in [5.41, 5.74) is 7.82. The van der Waals surface area contributed by atoms with Crippen molar-refractivity contribution >= 4 is 17.5 Å². The minimum atomic E-state index is -0.408. The van der Waals surface area contributed by atoms with E-state index in [9.17, 15) is 9.59 Å². The number of carbonyl (C=O) groups excluding carboxylic acids is 2. The van der Waals surface area contributed by atoms with Gasteiger partial charge in [0.25, 0.3) is 0 Å². The van der Waals surface area contributed by atoms with E-state index in [2.05, 4.69) is 5.32 Å². The number of benzene rings is 1. The van der Waals surface area contributed by atoms with E-state index in [1.165, 1.54) is 0 Å². The molecule has 1 aliphatic heterocycles. The molecular formula is C15H21N3O2. The maximum absolute atomic E-state index is 11.3. The third kappa shape index (κ3) is 3.29. The average molecular weight is 275 g/mol. The molecule has 1 aliphatic rings. The van der Waals surface area contributed by atoms with E-state index in [1.54, 1.807) is 19.1 Å². The van der Waals surface area contributed by atoms with Gasteiger partial charge in [-0.3, -0.25) is 9.59 Å². The van der Waals surface area contributed by atoms with E-state index in [4.69, 9.17) is 5.73 Å². The zero-order chi connectivity index (χ0) is 14.7. The number of anilines is 1. The van der Waals surface area contributed by atoms with Crippen molar-refractivity contribution < 1.29 is 9.59 Å². The molecule has 5 nitrogen and oxygen atoms in total. The van der Waals surface area contributed by atoms with Gasteiger partial charge in [-0.1, -0.05) is 0 Å². The van der Waals surface area contributed by atoms with Crippen molar-refractivity contribution in [2.45, 2.75) is 32.7 Å². The Hall–Kier alpha value is -2.04. The van der Waals surface area contributed by atoms with Gasteiger partial charge in [0.2, 0.25) is 11.8 Å². The van der Waals surface area contributed by atoms with Crippen LogP contribution >= 0.6 is 0 Å². The third-order valence-electron chi connectivity index (χ3n) is 3.81. The topological polar surface area (TPSA) is 75.4 Å². The zero-order valence-corrected chi connectivity index (χ0v) is 12.0. The molecule has 20 heavy (non-hydrogen) atoms. The smallest absolute Gasteiger partial charge is 0.248 e. The van der Waals surface area contributed by atoms with E-state index >= 15 is 0 Å². The van der Waals surface area contributed by atoms with Crippen molar-refractivity contribution in [1.29, 1.82) is 0 Å². The highest BCUT2D eigenvalue weighted by molar-refractivity contribution is 5.93. The molecule has 1 heterocycles. The molecule has 1 aromatic carbocycles. The van der Waals surface area contributed by atoms with E-state index < -0.39 is 5.91 Å². The quantitative estimate of drug-likeness (QED) is 0.878. The molecule has 0 aromatic heterocycles. The van der Waals surface area contributed by atoms with Crippen LogP contribution in [-0.4, -0.2) is 35.8 Å². The molecule has 2 amide bonds. The van der Waals surface area contributed by atoms with Crippen molar-refractivity contribution in [3.63, 3.8) is 0 Å². The Kier molecular flexibility index (Phi) is 4.27. The second-order valence-corrected chi connectivity index (χ2v) is 5.32. The Morgan fingerprint density at radius 2 is 1.95 bits per heavy atom. The summed E-state index contributed by atoms with van der Waals surface area (Å²) >= 11 is 0. The Bertz CT molecular complexity index is 520. The fourth-order valence-corrected chi connectivity index (χ4v) is 2.54. The first-order valence-electron chi connectivity index (χ1n) is 6.90. The van der Waals surface area contributed by atoms with Crippen LogP contribution in [0, 0.1) is 6.92 Å². The maximum atomic E-state index is 11.3. The predicted octanol–water partition coefficient (Wildman–Crippen LogP) is 1.52. The SMILES string of the molecule is CC(=O)N1CCC(Nc2ccc(C(N)=O)cc2C)CC1. The summed E-state index contributed by atoms with van der Waals surface area (Å²) in [6.07, 6.45) is 1.88. The molecule has 0 atom stereocenters. The number of carbonyl (C=O) groups is 2. The minimum Gasteiger partial charge on any atom is -0.382 e. The van der Waals surface area contributed by atoms with E-state index in [1.807, 2.05) is 17.9 Å². The van der Waals surface area contributed by atoms with Crippen LogP contribution in [0.15, 0.2) is 18.2 Å². The molecule has 1 saturated heterocycles. The van der Waals surface area contributed by atoms with E-state index in [0.717, 1.165) is 37.2 Å². The Labute approximate surface area is 119 Å². The monoisotopic (exact) mass is 275 g/mol. The molecule has 5 heteroatoms. The van der Waals surface area contributed by atoms with Crippen LogP contribution in [0.4, 0.5) is 5.69 Å². The number of nitrogens with one attached hydrogen (secondary N) is 1. The van der Waals surface area contributed by atoms with Gasteiger partial charge in [-0.05, 0) is 43.5 Å². The lowest BCUT2D eigenvalue weighted by atomic mass is 10.0. The van der Waals surface area contributed by atoms with Gasteiger partial charge in [-0.15, -0.1) is 0 Å². The summed E-state index contributed by atoms with van der Waals surface area (Å²) in [5.74, 6) is -0.264. The molecule has 0 aliphatic carbocycles. The number of nitrogens with zero attached hydrogens (tertiary/aromatic N) is 1. The molecular weight excluding hydrogens is 254 g/mol. The van der Waals surface area contributed by atoms with Crippen molar-refractivity contribution in [3.05, 3.63) is 29.3 Å². The summed E-state index contributed by atoms with van der Waals surface area (Å²) in [6, 6.07) is 5.80. The van der Waals surface area contributed by atoms with Crippen LogP contribution in [0.2, 0.25) is 0 Å². The van der Waals surface area contributed by atoms with Gasteiger partial charge in [0.15, 0.2) is 0 Å². The van der Waals surface area contributed by atoms with Crippen LogP contribution in [0.3, 0.4) is 0 Å². The summed E-state index contributed by atoms with van der Waals surface area (Å²) in [4.78, 5) is 24.3. The number of piperidine rings is 1. The summed E-state index contributed by atoms with van der Waals surface area (Å²) < 4.78 is 0.